The molecular formula is C36H30BCuP2-. The van der Waals surface area contributed by atoms with Crippen molar-refractivity contribution in [2.24, 2.45) is 0 Å². The van der Waals surface area contributed by atoms with E-state index < -0.39 is 15.8 Å². The minimum absolute atomic E-state index is 0. The Hall–Kier alpha value is -3.24. The van der Waals surface area contributed by atoms with Gasteiger partial charge in [-0.15, -0.1) is 0 Å². The molecule has 0 N–H and O–H groups in total. The third-order valence-electron chi connectivity index (χ3n) is 6.09. The Morgan fingerprint density at radius 1 is 0.225 bits per heavy atom. The van der Waals surface area contributed by atoms with Crippen LogP contribution in [-0.4, -0.2) is 8.41 Å². The molecule has 5 radical (unpaired) electrons. The fourth-order valence-corrected chi connectivity index (χ4v) is 8.97. The molecule has 0 amide bonds. The maximum Gasteiger partial charge on any atom is 0 e. The van der Waals surface area contributed by atoms with Crippen LogP contribution in [0.5, 0.6) is 0 Å². The molecule has 6 aromatic carbocycles. The van der Waals surface area contributed by atoms with Gasteiger partial charge in [0.15, 0.2) is 0 Å². The van der Waals surface area contributed by atoms with Gasteiger partial charge in [-0.1, -0.05) is 182 Å². The van der Waals surface area contributed by atoms with E-state index in [0.29, 0.717) is 0 Å². The fraction of sp³-hybridized carbons (Fsp3) is 0. The molecule has 40 heavy (non-hydrogen) atoms. The minimum atomic E-state index is -0.446. The van der Waals surface area contributed by atoms with Gasteiger partial charge in [-0.2, -0.15) is 0 Å². The van der Waals surface area contributed by atoms with Crippen molar-refractivity contribution in [2.75, 3.05) is 0 Å². The molecule has 0 atom stereocenters. The Morgan fingerprint density at radius 3 is 0.475 bits per heavy atom. The predicted molar refractivity (Wildman–Crippen MR) is 176 cm³/mol. The quantitative estimate of drug-likeness (QED) is 0.152. The van der Waals surface area contributed by atoms with E-state index in [1.54, 1.807) is 0 Å². The first kappa shape index (κ1) is 31.3. The SMILES string of the molecule is [B-].[Cu].c1ccc(P(c2ccccc2)c2ccccc2)cc1.c1ccc(P(c2ccccc2)c2ccccc2)cc1. The molecule has 0 bridgehead atoms. The van der Waals surface area contributed by atoms with Crippen LogP contribution in [0.15, 0.2) is 182 Å². The van der Waals surface area contributed by atoms with Crippen molar-refractivity contribution in [3.8, 4) is 0 Å². The molecule has 0 aliphatic rings. The third kappa shape index (κ3) is 8.38. The Bertz CT molecular complexity index is 1180. The van der Waals surface area contributed by atoms with E-state index in [9.17, 15) is 0 Å². The zero-order chi connectivity index (χ0) is 25.8. The summed E-state index contributed by atoms with van der Waals surface area (Å²) in [5.74, 6) is 0. The number of hydrogen-bond acceptors (Lipinski definition) is 0. The second-order valence-corrected chi connectivity index (χ2v) is 13.1. The molecule has 0 aliphatic carbocycles. The molecule has 0 nitrogen and oxygen atoms in total. The molecule has 199 valence electrons. The average molecular weight is 599 g/mol. The Morgan fingerprint density at radius 2 is 0.350 bits per heavy atom. The molecular weight excluding hydrogens is 569 g/mol. The van der Waals surface area contributed by atoms with Gasteiger partial charge in [0.05, 0.1) is 0 Å². The van der Waals surface area contributed by atoms with Crippen LogP contribution in [0.2, 0.25) is 0 Å². The van der Waals surface area contributed by atoms with E-state index >= 15 is 0 Å². The topological polar surface area (TPSA) is 0 Å². The van der Waals surface area contributed by atoms with Crippen LogP contribution in [0.3, 0.4) is 0 Å². The van der Waals surface area contributed by atoms with Gasteiger partial charge in [-0.25, -0.2) is 0 Å². The van der Waals surface area contributed by atoms with Gasteiger partial charge in [0, 0.05) is 17.1 Å². The van der Waals surface area contributed by atoms with Gasteiger partial charge in [-0.3, -0.25) is 0 Å². The van der Waals surface area contributed by atoms with E-state index in [4.69, 9.17) is 0 Å². The number of rotatable bonds is 6. The van der Waals surface area contributed by atoms with Crippen molar-refractivity contribution in [1.82, 2.24) is 0 Å². The smallest absolute Gasteiger partial charge is 0 e. The zero-order valence-corrected chi connectivity index (χ0v) is 24.8. The van der Waals surface area contributed by atoms with Crippen LogP contribution in [-0.2, 0) is 17.1 Å². The maximum absolute atomic E-state index is 2.23. The second kappa shape index (κ2) is 16.8. The van der Waals surface area contributed by atoms with Gasteiger partial charge < -0.3 is 8.41 Å². The van der Waals surface area contributed by atoms with Crippen molar-refractivity contribution >= 4 is 56.1 Å². The average Bonchev–Trinajstić information content (AvgIpc) is 3.01. The van der Waals surface area contributed by atoms with Crippen LogP contribution in [0.25, 0.3) is 0 Å². The summed E-state index contributed by atoms with van der Waals surface area (Å²) >= 11 is 0. The van der Waals surface area contributed by atoms with E-state index in [0.717, 1.165) is 0 Å². The van der Waals surface area contributed by atoms with Gasteiger partial charge in [0.25, 0.3) is 0 Å². The number of benzene rings is 6. The van der Waals surface area contributed by atoms with Gasteiger partial charge in [-0.05, 0) is 47.7 Å². The van der Waals surface area contributed by atoms with Crippen LogP contribution in [0, 0.1) is 0 Å². The maximum atomic E-state index is 2.23. The summed E-state index contributed by atoms with van der Waals surface area (Å²) in [4.78, 5) is 0. The van der Waals surface area contributed by atoms with E-state index in [2.05, 4.69) is 182 Å². The second-order valence-electron chi connectivity index (χ2n) is 8.68. The van der Waals surface area contributed by atoms with E-state index in [-0.39, 0.29) is 25.5 Å². The first-order valence-electron chi connectivity index (χ1n) is 12.8. The molecule has 6 aromatic rings. The van der Waals surface area contributed by atoms with Crippen molar-refractivity contribution < 1.29 is 17.1 Å². The van der Waals surface area contributed by atoms with Crippen molar-refractivity contribution in [1.29, 1.82) is 0 Å². The molecule has 0 fully saturated rings. The molecule has 0 spiro atoms. The van der Waals surface area contributed by atoms with Gasteiger partial charge in [0.1, 0.15) is 0 Å². The summed E-state index contributed by atoms with van der Waals surface area (Å²) in [6.45, 7) is 0. The monoisotopic (exact) mass is 598 g/mol. The molecule has 0 aromatic heterocycles. The minimum Gasteiger partial charge on any atom is -1.00 e. The van der Waals surface area contributed by atoms with Crippen molar-refractivity contribution in [3.05, 3.63) is 182 Å². The Balaban J connectivity index is 0.000000210. The summed E-state index contributed by atoms with van der Waals surface area (Å²) in [6.07, 6.45) is 0. The molecule has 4 heteroatoms. The zero-order valence-electron chi connectivity index (χ0n) is 22.1. The number of hydrogen-bond donors (Lipinski definition) is 0. The van der Waals surface area contributed by atoms with Crippen LogP contribution < -0.4 is 31.8 Å². The summed E-state index contributed by atoms with van der Waals surface area (Å²) in [7, 11) is -0.892. The van der Waals surface area contributed by atoms with Gasteiger partial charge in [0.2, 0.25) is 0 Å². The summed E-state index contributed by atoms with van der Waals surface area (Å²) in [5.41, 5.74) is 0. The van der Waals surface area contributed by atoms with Crippen molar-refractivity contribution in [2.45, 2.75) is 0 Å². The predicted octanol–water partition coefficient (Wildman–Crippen LogP) is 6.51. The molecule has 0 aliphatic heterocycles. The standard InChI is InChI=1S/2C18H15P.B.Cu/c2*1-4-10-16(11-5-1)19(17-12-6-2-7-13-17)18-14-8-3-9-15-18;;/h2*1-15H;;/q;;-1;. The summed E-state index contributed by atoms with van der Waals surface area (Å²) in [6, 6.07) is 64.7. The van der Waals surface area contributed by atoms with Gasteiger partial charge >= 0.3 is 0 Å². The molecule has 0 saturated carbocycles. The Labute approximate surface area is 254 Å². The van der Waals surface area contributed by atoms with Crippen LogP contribution in [0.1, 0.15) is 0 Å². The molecule has 6 rings (SSSR count). The van der Waals surface area contributed by atoms with E-state index in [1.165, 1.54) is 31.8 Å². The fourth-order valence-electron chi connectivity index (χ4n) is 4.36. The van der Waals surface area contributed by atoms with Crippen LogP contribution in [0.4, 0.5) is 0 Å². The van der Waals surface area contributed by atoms with Crippen LogP contribution >= 0.6 is 15.8 Å². The molecule has 0 unspecified atom stereocenters. The largest absolute Gasteiger partial charge is 1.00 e. The first-order chi connectivity index (χ1) is 18.9. The summed E-state index contributed by atoms with van der Waals surface area (Å²) in [5, 5.41) is 8.39. The summed E-state index contributed by atoms with van der Waals surface area (Å²) < 4.78 is 0. The third-order valence-corrected chi connectivity index (χ3v) is 11.0. The Kier molecular flexibility index (Phi) is 13.1. The van der Waals surface area contributed by atoms with Crippen molar-refractivity contribution in [3.63, 3.8) is 0 Å². The molecule has 0 saturated heterocycles. The molecule has 0 heterocycles. The first-order valence-corrected chi connectivity index (χ1v) is 15.5. The normalized spacial score (nSPS) is 10.1. The van der Waals surface area contributed by atoms with E-state index in [1.807, 2.05) is 0 Å².